The van der Waals surface area contributed by atoms with Crippen LogP contribution in [-0.2, 0) is 11.1 Å². The van der Waals surface area contributed by atoms with Gasteiger partial charge in [0.15, 0.2) is 11.1 Å². The molecular weight excluding hydrogens is 207 g/mol. The summed E-state index contributed by atoms with van der Waals surface area (Å²) in [5.74, 6) is 0. The van der Waals surface area contributed by atoms with Crippen LogP contribution in [0, 0.1) is 0 Å². The minimum atomic E-state index is -1.88. The van der Waals surface area contributed by atoms with Crippen molar-refractivity contribution in [2.45, 2.75) is 4.90 Å². The molecule has 0 aliphatic rings. The van der Waals surface area contributed by atoms with Crippen LogP contribution in [0.15, 0.2) is 47.4 Å². The van der Waals surface area contributed by atoms with Crippen LogP contribution in [0.25, 0.3) is 10.8 Å². The molecule has 2 aromatic rings. The van der Waals surface area contributed by atoms with Gasteiger partial charge in [0.1, 0.15) is 0 Å². The molecule has 4 heteroatoms. The Morgan fingerprint density at radius 1 is 1.00 bits per heavy atom. The molecule has 0 saturated carbocycles. The topological polar surface area (TPSA) is 37.3 Å². The maximum Gasteiger partial charge on any atom is 1.00 e. The number of hydrogen-bond donors (Lipinski definition) is 1. The van der Waals surface area contributed by atoms with E-state index in [0.717, 1.165) is 10.8 Å². The standard InChI is InChI=1S/C10H8O2S.Na/c11-13(12)10-6-5-8-3-1-2-4-9(8)7-10;/h1-7H,(H,11,12);/q;+1. The summed E-state index contributed by atoms with van der Waals surface area (Å²) in [6, 6.07) is 13.0. The van der Waals surface area contributed by atoms with Crippen LogP contribution in [0.5, 0.6) is 0 Å². The van der Waals surface area contributed by atoms with Gasteiger partial charge in [0, 0.05) is 0 Å². The van der Waals surface area contributed by atoms with Crippen LogP contribution in [0.2, 0.25) is 0 Å². The molecule has 0 aromatic heterocycles. The zero-order chi connectivity index (χ0) is 9.26. The summed E-state index contributed by atoms with van der Waals surface area (Å²) in [7, 11) is 0. The van der Waals surface area contributed by atoms with Crippen LogP contribution in [0.1, 0.15) is 0 Å². The Morgan fingerprint density at radius 3 is 2.29 bits per heavy atom. The van der Waals surface area contributed by atoms with E-state index in [1.807, 2.05) is 30.3 Å². The second kappa shape index (κ2) is 5.05. The third-order valence-corrected chi connectivity index (χ3v) is 2.58. The Bertz CT molecular complexity index is 470. The van der Waals surface area contributed by atoms with Crippen molar-refractivity contribution in [1.29, 1.82) is 0 Å². The Kier molecular flexibility index (Phi) is 4.29. The van der Waals surface area contributed by atoms with Crippen molar-refractivity contribution in [2.24, 2.45) is 0 Å². The molecule has 0 bridgehead atoms. The van der Waals surface area contributed by atoms with Gasteiger partial charge < -0.3 is 4.55 Å². The number of rotatable bonds is 1. The third-order valence-electron chi connectivity index (χ3n) is 1.92. The van der Waals surface area contributed by atoms with Gasteiger partial charge in [0.05, 0.1) is 4.90 Å². The fourth-order valence-corrected chi connectivity index (χ4v) is 1.69. The first-order valence-corrected chi connectivity index (χ1v) is 4.98. The maximum absolute atomic E-state index is 10.8. The summed E-state index contributed by atoms with van der Waals surface area (Å²) in [5.41, 5.74) is 0. The van der Waals surface area contributed by atoms with Crippen LogP contribution in [-0.4, -0.2) is 8.76 Å². The molecule has 0 fully saturated rings. The van der Waals surface area contributed by atoms with Gasteiger partial charge >= 0.3 is 29.6 Å². The summed E-state index contributed by atoms with van der Waals surface area (Å²) >= 11 is -1.88. The molecule has 1 unspecified atom stereocenters. The summed E-state index contributed by atoms with van der Waals surface area (Å²) in [5, 5.41) is 2.07. The summed E-state index contributed by atoms with van der Waals surface area (Å²) in [6.07, 6.45) is 0. The molecule has 14 heavy (non-hydrogen) atoms. The molecule has 2 aromatic carbocycles. The fourth-order valence-electron chi connectivity index (χ4n) is 1.28. The first kappa shape index (κ1) is 11.9. The van der Waals surface area contributed by atoms with Crippen molar-refractivity contribution in [3.8, 4) is 0 Å². The Balaban J connectivity index is 0.000000980. The molecule has 0 aliphatic carbocycles. The van der Waals surface area contributed by atoms with E-state index >= 15 is 0 Å². The molecular formula is C10H8NaO2S+. The predicted octanol–water partition coefficient (Wildman–Crippen LogP) is -0.576. The van der Waals surface area contributed by atoms with Crippen LogP contribution < -0.4 is 29.6 Å². The van der Waals surface area contributed by atoms with Crippen molar-refractivity contribution in [2.75, 3.05) is 0 Å². The molecule has 0 saturated heterocycles. The average Bonchev–Trinajstić information content (AvgIpc) is 2.17. The van der Waals surface area contributed by atoms with E-state index < -0.39 is 11.1 Å². The first-order chi connectivity index (χ1) is 6.27. The van der Waals surface area contributed by atoms with Gasteiger partial charge in [-0.1, -0.05) is 30.3 Å². The normalized spacial score (nSPS) is 12.1. The summed E-state index contributed by atoms with van der Waals surface area (Å²) < 4.78 is 19.6. The van der Waals surface area contributed by atoms with Crippen molar-refractivity contribution in [1.82, 2.24) is 0 Å². The molecule has 0 aliphatic heterocycles. The molecule has 0 radical (unpaired) electrons. The SMILES string of the molecule is O=S(O)c1ccc2ccccc2c1.[Na+]. The molecule has 1 atom stereocenters. The van der Waals surface area contributed by atoms with Gasteiger partial charge in [0.25, 0.3) is 0 Å². The number of hydrogen-bond acceptors (Lipinski definition) is 1. The summed E-state index contributed by atoms with van der Waals surface area (Å²) in [4.78, 5) is 0.443. The fraction of sp³-hybridized carbons (Fsp3) is 0. The Hall–Kier alpha value is -0.190. The van der Waals surface area contributed by atoms with E-state index in [0.29, 0.717) is 4.90 Å². The van der Waals surface area contributed by atoms with Gasteiger partial charge in [0.2, 0.25) is 0 Å². The van der Waals surface area contributed by atoms with Gasteiger partial charge in [-0.25, -0.2) is 4.21 Å². The third kappa shape index (κ3) is 2.43. The smallest absolute Gasteiger partial charge is 0.302 e. The Labute approximate surface area is 107 Å². The van der Waals surface area contributed by atoms with Crippen molar-refractivity contribution >= 4 is 21.9 Å². The van der Waals surface area contributed by atoms with E-state index in [1.54, 1.807) is 12.1 Å². The van der Waals surface area contributed by atoms with Gasteiger partial charge in [-0.3, -0.25) is 0 Å². The second-order valence-corrected chi connectivity index (χ2v) is 3.73. The van der Waals surface area contributed by atoms with E-state index in [2.05, 4.69) is 0 Å². The minimum Gasteiger partial charge on any atom is -0.302 e. The van der Waals surface area contributed by atoms with Crippen molar-refractivity contribution in [3.05, 3.63) is 42.5 Å². The molecule has 2 rings (SSSR count). The zero-order valence-electron chi connectivity index (χ0n) is 7.81. The van der Waals surface area contributed by atoms with E-state index in [4.69, 9.17) is 4.55 Å². The average molecular weight is 215 g/mol. The number of benzene rings is 2. The van der Waals surface area contributed by atoms with Crippen molar-refractivity contribution in [3.63, 3.8) is 0 Å². The van der Waals surface area contributed by atoms with E-state index in [1.165, 1.54) is 0 Å². The monoisotopic (exact) mass is 215 g/mol. The number of fused-ring (bicyclic) bond motifs is 1. The first-order valence-electron chi connectivity index (χ1n) is 3.87. The molecule has 0 spiro atoms. The van der Waals surface area contributed by atoms with Crippen molar-refractivity contribution < 1.29 is 38.3 Å². The van der Waals surface area contributed by atoms with Gasteiger partial charge in [-0.2, -0.15) is 0 Å². The van der Waals surface area contributed by atoms with E-state index in [9.17, 15) is 4.21 Å². The minimum absolute atomic E-state index is 0. The second-order valence-electron chi connectivity index (χ2n) is 2.76. The van der Waals surface area contributed by atoms with Crippen LogP contribution in [0.4, 0.5) is 0 Å². The molecule has 0 heterocycles. The predicted molar refractivity (Wildman–Crippen MR) is 53.0 cm³/mol. The van der Waals surface area contributed by atoms with Gasteiger partial charge in [-0.15, -0.1) is 0 Å². The molecule has 1 N–H and O–H groups in total. The molecule has 0 amide bonds. The van der Waals surface area contributed by atoms with Gasteiger partial charge in [-0.05, 0) is 22.9 Å². The molecule has 2 nitrogen and oxygen atoms in total. The molecule has 66 valence electrons. The zero-order valence-corrected chi connectivity index (χ0v) is 10.6. The maximum atomic E-state index is 10.8. The van der Waals surface area contributed by atoms with Crippen LogP contribution in [0.3, 0.4) is 0 Å². The van der Waals surface area contributed by atoms with Crippen LogP contribution >= 0.6 is 0 Å². The quantitative estimate of drug-likeness (QED) is 0.510. The summed E-state index contributed by atoms with van der Waals surface area (Å²) in [6.45, 7) is 0. The largest absolute Gasteiger partial charge is 1.00 e. The van der Waals surface area contributed by atoms with E-state index in [-0.39, 0.29) is 29.6 Å². The Morgan fingerprint density at radius 2 is 1.64 bits per heavy atom.